The van der Waals surface area contributed by atoms with Crippen LogP contribution in [-0.4, -0.2) is 3.92 Å². The van der Waals surface area contributed by atoms with Crippen LogP contribution in [-0.2, 0) is 0 Å². The van der Waals surface area contributed by atoms with Crippen molar-refractivity contribution in [3.63, 3.8) is 0 Å². The molecule has 0 heterocycles. The standard InChI is InChI=1S/C20H29I/c1-13(2)17(9-7-15(4)21)11-19-12-18-8-6-14(3)10-20(18)16(19)5/h6,8,10,15,17-20H,1,5,7,9,11-12H2,2-4H3. The normalized spacial score (nSPS) is 30.8. The zero-order valence-electron chi connectivity index (χ0n) is 13.7. The summed E-state index contributed by atoms with van der Waals surface area (Å²) in [5.74, 6) is 2.63. The SMILES string of the molecule is C=C(C)C(CCC(C)I)CC1CC2C=CC(C)=CC2C1=C. The van der Waals surface area contributed by atoms with Crippen molar-refractivity contribution in [2.75, 3.05) is 0 Å². The zero-order valence-corrected chi connectivity index (χ0v) is 15.9. The Bertz CT molecular complexity index is 466. The minimum Gasteiger partial charge on any atom is -0.0999 e. The molecule has 0 aromatic rings. The quantitative estimate of drug-likeness (QED) is 0.273. The minimum atomic E-state index is 0.592. The summed E-state index contributed by atoms with van der Waals surface area (Å²) < 4.78 is 0.757. The summed E-state index contributed by atoms with van der Waals surface area (Å²) in [5.41, 5.74) is 4.22. The van der Waals surface area contributed by atoms with Crippen molar-refractivity contribution in [2.45, 2.75) is 50.4 Å². The molecule has 2 rings (SSSR count). The number of alkyl halides is 1. The van der Waals surface area contributed by atoms with E-state index in [1.807, 2.05) is 0 Å². The Morgan fingerprint density at radius 3 is 2.76 bits per heavy atom. The van der Waals surface area contributed by atoms with Gasteiger partial charge in [0.05, 0.1) is 0 Å². The van der Waals surface area contributed by atoms with Gasteiger partial charge in [0, 0.05) is 9.84 Å². The van der Waals surface area contributed by atoms with Gasteiger partial charge in [-0.3, -0.25) is 0 Å². The first-order chi connectivity index (χ1) is 9.88. The van der Waals surface area contributed by atoms with Crippen LogP contribution in [0.3, 0.4) is 0 Å². The van der Waals surface area contributed by atoms with Crippen LogP contribution in [0.25, 0.3) is 0 Å². The van der Waals surface area contributed by atoms with Crippen molar-refractivity contribution >= 4 is 22.6 Å². The van der Waals surface area contributed by atoms with Gasteiger partial charge >= 0.3 is 0 Å². The highest BCUT2D eigenvalue weighted by Gasteiger charge is 2.36. The molecule has 5 unspecified atom stereocenters. The van der Waals surface area contributed by atoms with E-state index in [1.165, 1.54) is 42.4 Å². The average Bonchev–Trinajstić information content (AvgIpc) is 2.71. The molecule has 0 aliphatic heterocycles. The fourth-order valence-corrected chi connectivity index (χ4v) is 4.16. The fourth-order valence-electron chi connectivity index (χ4n) is 3.80. The first-order valence-electron chi connectivity index (χ1n) is 8.23. The number of halogens is 1. The number of fused-ring (bicyclic) bond motifs is 1. The van der Waals surface area contributed by atoms with Gasteiger partial charge in [-0.25, -0.2) is 0 Å². The van der Waals surface area contributed by atoms with Gasteiger partial charge in [-0.2, -0.15) is 0 Å². The predicted molar refractivity (Wildman–Crippen MR) is 103 cm³/mol. The lowest BCUT2D eigenvalue weighted by atomic mass is 9.83. The van der Waals surface area contributed by atoms with Crippen molar-refractivity contribution in [3.8, 4) is 0 Å². The van der Waals surface area contributed by atoms with Crippen LogP contribution < -0.4 is 0 Å². The van der Waals surface area contributed by atoms with Gasteiger partial charge in [0.2, 0.25) is 0 Å². The fraction of sp³-hybridized carbons (Fsp3) is 0.600. The van der Waals surface area contributed by atoms with Gasteiger partial charge in [-0.05, 0) is 57.3 Å². The molecule has 116 valence electrons. The third kappa shape index (κ3) is 4.34. The van der Waals surface area contributed by atoms with E-state index in [1.54, 1.807) is 0 Å². The molecule has 1 fully saturated rings. The second-order valence-corrected chi connectivity index (χ2v) is 9.23. The summed E-state index contributed by atoms with van der Waals surface area (Å²) in [6.07, 6.45) is 12.2. The van der Waals surface area contributed by atoms with E-state index in [0.717, 1.165) is 3.92 Å². The van der Waals surface area contributed by atoms with Crippen LogP contribution in [0, 0.1) is 23.7 Å². The molecule has 0 spiro atoms. The lowest BCUT2D eigenvalue weighted by Crippen LogP contribution is -2.11. The lowest BCUT2D eigenvalue weighted by molar-refractivity contribution is 0.414. The van der Waals surface area contributed by atoms with E-state index in [4.69, 9.17) is 0 Å². The topological polar surface area (TPSA) is 0 Å². The average molecular weight is 396 g/mol. The summed E-state index contributed by atoms with van der Waals surface area (Å²) in [5, 5.41) is 0. The number of rotatable bonds is 6. The largest absolute Gasteiger partial charge is 0.0999 e. The van der Waals surface area contributed by atoms with E-state index >= 15 is 0 Å². The number of hydrogen-bond acceptors (Lipinski definition) is 0. The third-order valence-corrected chi connectivity index (χ3v) is 5.82. The molecule has 5 atom stereocenters. The lowest BCUT2D eigenvalue weighted by Gasteiger charge is -2.23. The third-order valence-electron chi connectivity index (χ3n) is 5.20. The van der Waals surface area contributed by atoms with Crippen LogP contribution >= 0.6 is 22.6 Å². The monoisotopic (exact) mass is 396 g/mol. The second-order valence-electron chi connectivity index (χ2n) is 7.10. The van der Waals surface area contributed by atoms with Gasteiger partial charge in [0.1, 0.15) is 0 Å². The highest BCUT2D eigenvalue weighted by Crippen LogP contribution is 2.47. The van der Waals surface area contributed by atoms with Crippen molar-refractivity contribution < 1.29 is 0 Å². The number of hydrogen-bond donors (Lipinski definition) is 0. The van der Waals surface area contributed by atoms with Crippen LogP contribution in [0.1, 0.15) is 46.5 Å². The molecule has 1 saturated carbocycles. The molecule has 2 aliphatic rings. The molecule has 0 bridgehead atoms. The van der Waals surface area contributed by atoms with Gasteiger partial charge in [-0.15, -0.1) is 0 Å². The Morgan fingerprint density at radius 2 is 2.14 bits per heavy atom. The van der Waals surface area contributed by atoms with E-state index in [-0.39, 0.29) is 0 Å². The molecule has 1 heteroatoms. The van der Waals surface area contributed by atoms with Crippen molar-refractivity contribution in [1.29, 1.82) is 0 Å². The molecule has 2 aliphatic carbocycles. The van der Waals surface area contributed by atoms with Gasteiger partial charge in [-0.1, -0.05) is 77.6 Å². The van der Waals surface area contributed by atoms with Gasteiger partial charge < -0.3 is 0 Å². The van der Waals surface area contributed by atoms with E-state index in [9.17, 15) is 0 Å². The predicted octanol–water partition coefficient (Wildman–Crippen LogP) is 6.50. The van der Waals surface area contributed by atoms with Gasteiger partial charge in [0.25, 0.3) is 0 Å². The molecule has 0 aromatic heterocycles. The van der Waals surface area contributed by atoms with Crippen molar-refractivity contribution in [1.82, 2.24) is 0 Å². The number of allylic oxidation sites excluding steroid dienone is 6. The molecule has 0 radical (unpaired) electrons. The van der Waals surface area contributed by atoms with Gasteiger partial charge in [0.15, 0.2) is 0 Å². The highest BCUT2D eigenvalue weighted by atomic mass is 127. The maximum absolute atomic E-state index is 4.45. The summed E-state index contributed by atoms with van der Waals surface area (Å²) in [6.45, 7) is 15.4. The zero-order chi connectivity index (χ0) is 15.6. The molecule has 0 amide bonds. The summed E-state index contributed by atoms with van der Waals surface area (Å²) in [7, 11) is 0. The Labute approximate surface area is 144 Å². The molecule has 0 N–H and O–H groups in total. The van der Waals surface area contributed by atoms with Crippen molar-refractivity contribution in [2.24, 2.45) is 23.7 Å². The maximum Gasteiger partial charge on any atom is 0.00815 e. The van der Waals surface area contributed by atoms with Crippen LogP contribution in [0.4, 0.5) is 0 Å². The molecule has 21 heavy (non-hydrogen) atoms. The smallest absolute Gasteiger partial charge is 0.00815 e. The first kappa shape index (κ1) is 17.1. The second kappa shape index (κ2) is 7.30. The molecular formula is C20H29I. The Balaban J connectivity index is 2.00. The van der Waals surface area contributed by atoms with E-state index < -0.39 is 0 Å². The Kier molecular flexibility index (Phi) is 5.93. The Hall–Kier alpha value is -0.310. The molecule has 0 nitrogen and oxygen atoms in total. The van der Waals surface area contributed by atoms with E-state index in [2.05, 4.69) is 74.7 Å². The van der Waals surface area contributed by atoms with E-state index in [0.29, 0.717) is 23.7 Å². The molecular weight excluding hydrogens is 367 g/mol. The van der Waals surface area contributed by atoms with Crippen LogP contribution in [0.15, 0.2) is 48.1 Å². The van der Waals surface area contributed by atoms with Crippen LogP contribution in [0.2, 0.25) is 0 Å². The van der Waals surface area contributed by atoms with Crippen LogP contribution in [0.5, 0.6) is 0 Å². The summed E-state index contributed by atoms with van der Waals surface area (Å²) in [4.78, 5) is 0. The minimum absolute atomic E-state index is 0.592. The molecule has 0 aromatic carbocycles. The molecule has 0 saturated heterocycles. The maximum atomic E-state index is 4.45. The van der Waals surface area contributed by atoms with Crippen molar-refractivity contribution in [3.05, 3.63) is 48.1 Å². The summed E-state index contributed by atoms with van der Waals surface area (Å²) >= 11 is 2.53. The first-order valence-corrected chi connectivity index (χ1v) is 9.47. The summed E-state index contributed by atoms with van der Waals surface area (Å²) in [6, 6.07) is 0. The Morgan fingerprint density at radius 1 is 1.43 bits per heavy atom. The highest BCUT2D eigenvalue weighted by molar-refractivity contribution is 14.1.